The van der Waals surface area contributed by atoms with E-state index in [-0.39, 0.29) is 11.9 Å². The van der Waals surface area contributed by atoms with Crippen LogP contribution in [0.5, 0.6) is 0 Å². The van der Waals surface area contributed by atoms with Crippen molar-refractivity contribution in [2.45, 2.75) is 19.4 Å². The number of hydrogen-bond donors (Lipinski definition) is 1. The minimum Gasteiger partial charge on any atom is -0.353 e. The molecule has 0 spiro atoms. The normalized spacial score (nSPS) is 21.9. The number of piperazine rings is 1. The van der Waals surface area contributed by atoms with Crippen molar-refractivity contribution in [2.75, 3.05) is 37.6 Å². The maximum atomic E-state index is 12.3. The zero-order chi connectivity index (χ0) is 14.7. The maximum absolute atomic E-state index is 12.3. The largest absolute Gasteiger partial charge is 0.353 e. The van der Waals surface area contributed by atoms with Gasteiger partial charge in [0.15, 0.2) is 0 Å². The van der Waals surface area contributed by atoms with Gasteiger partial charge in [-0.2, -0.15) is 0 Å². The van der Waals surface area contributed by atoms with Crippen LogP contribution in [0.4, 0.5) is 5.82 Å². The fourth-order valence-corrected chi connectivity index (χ4v) is 2.74. The number of carbonyl (C=O) groups is 1. The first kappa shape index (κ1) is 14.0. The van der Waals surface area contributed by atoms with Crippen molar-refractivity contribution in [1.82, 2.24) is 20.2 Å². The highest BCUT2D eigenvalue weighted by molar-refractivity contribution is 5.84. The number of nitrogens with one attached hydrogen (secondary N) is 1. The fraction of sp³-hybridized carbons (Fsp3) is 0.533. The first-order valence-electron chi connectivity index (χ1n) is 7.52. The third kappa shape index (κ3) is 3.05. The van der Waals surface area contributed by atoms with Gasteiger partial charge in [0.1, 0.15) is 18.2 Å². The standard InChI is InChI=1S/C15H21N5O/c1-2-12-10-14(18-11-17-12)19-6-8-20(9-7-19)15(21)13-4-3-5-16-13/h3-4,10-11,13,16H,2,5-9H2,1H3. The van der Waals surface area contributed by atoms with E-state index in [1.807, 2.05) is 23.1 Å². The molecule has 0 aliphatic carbocycles. The lowest BCUT2D eigenvalue weighted by atomic mass is 10.2. The molecule has 1 fully saturated rings. The summed E-state index contributed by atoms with van der Waals surface area (Å²) < 4.78 is 0. The molecule has 1 N–H and O–H groups in total. The molecule has 1 atom stereocenters. The van der Waals surface area contributed by atoms with Crippen molar-refractivity contribution >= 4 is 11.7 Å². The Morgan fingerprint density at radius 1 is 1.33 bits per heavy atom. The summed E-state index contributed by atoms with van der Waals surface area (Å²) in [6.45, 7) is 6.01. The zero-order valence-corrected chi connectivity index (χ0v) is 12.3. The van der Waals surface area contributed by atoms with E-state index in [9.17, 15) is 4.79 Å². The summed E-state index contributed by atoms with van der Waals surface area (Å²) >= 11 is 0. The number of nitrogens with zero attached hydrogens (tertiary/aromatic N) is 4. The van der Waals surface area contributed by atoms with Crippen LogP contribution in [-0.2, 0) is 11.2 Å². The van der Waals surface area contributed by atoms with Gasteiger partial charge in [0.25, 0.3) is 0 Å². The lowest BCUT2D eigenvalue weighted by Gasteiger charge is -2.36. The van der Waals surface area contributed by atoms with Crippen LogP contribution in [0.3, 0.4) is 0 Å². The quantitative estimate of drug-likeness (QED) is 0.806. The highest BCUT2D eigenvalue weighted by atomic mass is 16.2. The topological polar surface area (TPSA) is 61.4 Å². The van der Waals surface area contributed by atoms with Gasteiger partial charge in [-0.1, -0.05) is 19.1 Å². The third-order valence-corrected chi connectivity index (χ3v) is 4.04. The van der Waals surface area contributed by atoms with E-state index in [1.165, 1.54) is 0 Å². The number of hydrogen-bond acceptors (Lipinski definition) is 5. The molecule has 1 aromatic rings. The molecule has 0 saturated carbocycles. The fourth-order valence-electron chi connectivity index (χ4n) is 2.74. The molecule has 1 unspecified atom stereocenters. The highest BCUT2D eigenvalue weighted by Crippen LogP contribution is 2.15. The average Bonchev–Trinajstić information content (AvgIpc) is 3.09. The van der Waals surface area contributed by atoms with Gasteiger partial charge in [-0.3, -0.25) is 10.1 Å². The van der Waals surface area contributed by atoms with Gasteiger partial charge in [0.05, 0.1) is 0 Å². The molecular weight excluding hydrogens is 266 g/mol. The number of carbonyl (C=O) groups excluding carboxylic acids is 1. The van der Waals surface area contributed by atoms with E-state index in [2.05, 4.69) is 27.1 Å². The number of aromatic nitrogens is 2. The predicted octanol–water partition coefficient (Wildman–Crippen LogP) is 0.216. The second-order valence-corrected chi connectivity index (χ2v) is 5.35. The second-order valence-electron chi connectivity index (χ2n) is 5.35. The molecule has 2 aliphatic rings. The van der Waals surface area contributed by atoms with E-state index in [0.29, 0.717) is 0 Å². The summed E-state index contributed by atoms with van der Waals surface area (Å²) in [7, 11) is 0. The Bertz CT molecular complexity index is 537. The van der Waals surface area contributed by atoms with Crippen molar-refractivity contribution in [3.05, 3.63) is 30.2 Å². The number of amides is 1. The molecule has 6 heteroatoms. The lowest BCUT2D eigenvalue weighted by Crippen LogP contribution is -2.53. The summed E-state index contributed by atoms with van der Waals surface area (Å²) in [6, 6.07) is 1.90. The maximum Gasteiger partial charge on any atom is 0.243 e. The van der Waals surface area contributed by atoms with E-state index in [4.69, 9.17) is 0 Å². The van der Waals surface area contributed by atoms with Crippen LogP contribution in [0.15, 0.2) is 24.5 Å². The van der Waals surface area contributed by atoms with Crippen LogP contribution in [-0.4, -0.2) is 59.5 Å². The number of rotatable bonds is 3. The molecule has 0 aromatic carbocycles. The first-order chi connectivity index (χ1) is 10.3. The van der Waals surface area contributed by atoms with Crippen LogP contribution >= 0.6 is 0 Å². The minimum atomic E-state index is -0.137. The molecule has 1 amide bonds. The van der Waals surface area contributed by atoms with Gasteiger partial charge in [-0.05, 0) is 6.42 Å². The first-order valence-corrected chi connectivity index (χ1v) is 7.52. The van der Waals surface area contributed by atoms with Crippen LogP contribution in [0, 0.1) is 0 Å². The monoisotopic (exact) mass is 287 g/mol. The van der Waals surface area contributed by atoms with Gasteiger partial charge < -0.3 is 9.80 Å². The summed E-state index contributed by atoms with van der Waals surface area (Å²) in [4.78, 5) is 25.0. The minimum absolute atomic E-state index is 0.137. The molecular formula is C15H21N5O. The molecule has 3 heterocycles. The van der Waals surface area contributed by atoms with Crippen molar-refractivity contribution < 1.29 is 4.79 Å². The zero-order valence-electron chi connectivity index (χ0n) is 12.3. The molecule has 6 nitrogen and oxygen atoms in total. The van der Waals surface area contributed by atoms with Crippen LogP contribution < -0.4 is 10.2 Å². The molecule has 1 saturated heterocycles. The number of aryl methyl sites for hydroxylation is 1. The predicted molar refractivity (Wildman–Crippen MR) is 81.1 cm³/mol. The SMILES string of the molecule is CCc1cc(N2CCN(C(=O)C3C=CCN3)CC2)ncn1. The van der Waals surface area contributed by atoms with Gasteiger partial charge in [0, 0.05) is 44.5 Å². The van der Waals surface area contributed by atoms with Gasteiger partial charge in [-0.15, -0.1) is 0 Å². The Hall–Kier alpha value is -1.95. The molecule has 112 valence electrons. The van der Waals surface area contributed by atoms with Gasteiger partial charge >= 0.3 is 0 Å². The third-order valence-electron chi connectivity index (χ3n) is 4.04. The van der Waals surface area contributed by atoms with E-state index < -0.39 is 0 Å². The smallest absolute Gasteiger partial charge is 0.243 e. The highest BCUT2D eigenvalue weighted by Gasteiger charge is 2.27. The molecule has 0 bridgehead atoms. The van der Waals surface area contributed by atoms with Crippen molar-refractivity contribution in [1.29, 1.82) is 0 Å². The van der Waals surface area contributed by atoms with Gasteiger partial charge in [-0.25, -0.2) is 9.97 Å². The summed E-state index contributed by atoms with van der Waals surface area (Å²) in [5.74, 6) is 1.15. The van der Waals surface area contributed by atoms with E-state index in [0.717, 1.165) is 50.7 Å². The van der Waals surface area contributed by atoms with Crippen molar-refractivity contribution in [3.63, 3.8) is 0 Å². The Balaban J connectivity index is 1.59. The second kappa shape index (κ2) is 6.22. The average molecular weight is 287 g/mol. The Morgan fingerprint density at radius 2 is 2.14 bits per heavy atom. The lowest BCUT2D eigenvalue weighted by molar-refractivity contribution is -0.132. The van der Waals surface area contributed by atoms with E-state index >= 15 is 0 Å². The molecule has 3 rings (SSSR count). The van der Waals surface area contributed by atoms with E-state index in [1.54, 1.807) is 6.33 Å². The van der Waals surface area contributed by atoms with Crippen LogP contribution in [0.1, 0.15) is 12.6 Å². The Morgan fingerprint density at radius 3 is 2.81 bits per heavy atom. The summed E-state index contributed by atoms with van der Waals surface area (Å²) in [5, 5.41) is 3.18. The van der Waals surface area contributed by atoms with Gasteiger partial charge in [0.2, 0.25) is 5.91 Å². The summed E-state index contributed by atoms with van der Waals surface area (Å²) in [5.41, 5.74) is 1.05. The van der Waals surface area contributed by atoms with Crippen molar-refractivity contribution in [3.8, 4) is 0 Å². The summed E-state index contributed by atoms with van der Waals surface area (Å²) in [6.07, 6.45) is 6.49. The molecule has 1 aromatic heterocycles. The molecule has 21 heavy (non-hydrogen) atoms. The van der Waals surface area contributed by atoms with Crippen LogP contribution in [0.2, 0.25) is 0 Å². The Labute approximate surface area is 124 Å². The number of anilines is 1. The van der Waals surface area contributed by atoms with Crippen LogP contribution in [0.25, 0.3) is 0 Å². The van der Waals surface area contributed by atoms with Crippen molar-refractivity contribution in [2.24, 2.45) is 0 Å². The molecule has 0 radical (unpaired) electrons. The molecule has 2 aliphatic heterocycles. The Kier molecular flexibility index (Phi) is 4.15.